The van der Waals surface area contributed by atoms with Crippen LogP contribution in [0.5, 0.6) is 0 Å². The lowest BCUT2D eigenvalue weighted by Gasteiger charge is -2.26. The van der Waals surface area contributed by atoms with Crippen LogP contribution in [0.15, 0.2) is 154 Å². The molecule has 3 unspecified atom stereocenters. The van der Waals surface area contributed by atoms with E-state index in [1.54, 1.807) is 74.3 Å². The summed E-state index contributed by atoms with van der Waals surface area (Å²) in [6.07, 6.45) is 33.3. The number of rotatable bonds is 18. The first-order valence-electron chi connectivity index (χ1n) is 31.4. The molecule has 12 aromatic heterocycles. The lowest BCUT2D eigenvalue weighted by molar-refractivity contribution is 0.0577. The van der Waals surface area contributed by atoms with E-state index in [2.05, 4.69) is 132 Å². The summed E-state index contributed by atoms with van der Waals surface area (Å²) in [6, 6.07) is 16.3. The predicted molar refractivity (Wildman–Crippen MR) is 370 cm³/mol. The van der Waals surface area contributed by atoms with Crippen LogP contribution in [0.25, 0.3) is 68.2 Å². The number of nitrogens with two attached hydrogens (primary N) is 2. The number of aryl methyl sites for hydroxylation is 2. The lowest BCUT2D eigenvalue weighted by atomic mass is 9.77. The van der Waals surface area contributed by atoms with E-state index in [0.717, 1.165) is 112 Å². The van der Waals surface area contributed by atoms with Crippen molar-refractivity contribution in [3.8, 4) is 62.6 Å². The maximum Gasteiger partial charge on any atom is 0.261 e. The average molecular weight is 1320 g/mol. The van der Waals surface area contributed by atoms with E-state index in [4.69, 9.17) is 40.0 Å². The molecule has 4 aliphatic rings. The normalized spacial score (nSPS) is 15.9. The summed E-state index contributed by atoms with van der Waals surface area (Å²) in [5, 5.41) is 34.0. The zero-order chi connectivity index (χ0) is 65.6. The molecule has 0 aromatic carbocycles. The Balaban J connectivity index is 0.000000147. The van der Waals surface area contributed by atoms with Gasteiger partial charge in [0.05, 0.1) is 81.1 Å². The van der Waals surface area contributed by atoms with Crippen LogP contribution in [0.3, 0.4) is 0 Å². The first-order chi connectivity index (χ1) is 45.9. The maximum absolute atomic E-state index is 10.0. The second-order valence-corrected chi connectivity index (χ2v) is 25.8. The number of nitrogens with one attached hydrogen (secondary N) is 1. The molecule has 504 valence electrons. The summed E-state index contributed by atoms with van der Waals surface area (Å²) >= 11 is 0. The molecule has 27 nitrogen and oxygen atoms in total. The number of H-pyrrole nitrogens is 1. The SMILES string of the molecule is C.C.C.CC(C)(O)Cn1cc(-c2nc(C(C)(c3ccc(-c4cnc(N)nc4)nc3)C3CC3)no2)cn1.CC(c1ccc(-c2cnc(N)nc2)nc1)(c1noc(-c2cn[nH]c2)n1)C1CC1.Cc1ccc(C)n1-c1ncc(-c2ccc(C(C)(c3noc(C4=CCN=C4)n3)C3CC3)cn2)cn1. The van der Waals surface area contributed by atoms with E-state index in [-0.39, 0.29) is 45.0 Å². The van der Waals surface area contributed by atoms with E-state index in [1.807, 2.05) is 73.7 Å². The van der Waals surface area contributed by atoms with Crippen LogP contribution in [0, 0.1) is 31.6 Å². The van der Waals surface area contributed by atoms with Gasteiger partial charge in [0.15, 0.2) is 17.5 Å². The third kappa shape index (κ3) is 13.8. The Kier molecular flexibility index (Phi) is 19.1. The zero-order valence-electron chi connectivity index (χ0n) is 53.4. The molecule has 3 saturated carbocycles. The number of hydrogen-bond donors (Lipinski definition) is 4. The molecule has 0 spiro atoms. The van der Waals surface area contributed by atoms with Crippen molar-refractivity contribution in [2.45, 2.75) is 138 Å². The van der Waals surface area contributed by atoms with Gasteiger partial charge in [-0.15, -0.1) is 0 Å². The molecule has 3 fully saturated rings. The number of hydrogen-bond acceptors (Lipinski definition) is 24. The van der Waals surface area contributed by atoms with Gasteiger partial charge < -0.3 is 30.1 Å². The predicted octanol–water partition coefficient (Wildman–Crippen LogP) is 11.9. The van der Waals surface area contributed by atoms with Crippen LogP contribution in [0.1, 0.15) is 147 Å². The summed E-state index contributed by atoms with van der Waals surface area (Å²) in [5.74, 6) is 5.85. The van der Waals surface area contributed by atoms with Crippen LogP contribution < -0.4 is 11.5 Å². The number of nitrogens with zero attached hydrogens (tertiary/aromatic N) is 20. The molecule has 3 atom stereocenters. The molecule has 1 aliphatic heterocycles. The number of aromatic nitrogens is 20. The highest BCUT2D eigenvalue weighted by Crippen LogP contribution is 2.53. The van der Waals surface area contributed by atoms with Crippen molar-refractivity contribution in [1.82, 2.24) is 99.8 Å². The van der Waals surface area contributed by atoms with Crippen molar-refractivity contribution in [3.63, 3.8) is 0 Å². The summed E-state index contributed by atoms with van der Waals surface area (Å²) in [6.45, 7) is 15.1. The molecule has 0 bridgehead atoms. The molecular weight excluding hydrogens is 1240 g/mol. The van der Waals surface area contributed by atoms with Crippen LogP contribution in [0.4, 0.5) is 11.9 Å². The molecule has 0 saturated heterocycles. The van der Waals surface area contributed by atoms with E-state index in [1.165, 1.54) is 0 Å². The van der Waals surface area contributed by atoms with Crippen LogP contribution in [-0.2, 0) is 22.8 Å². The van der Waals surface area contributed by atoms with Gasteiger partial charge in [-0.25, -0.2) is 29.9 Å². The highest BCUT2D eigenvalue weighted by Gasteiger charge is 2.50. The van der Waals surface area contributed by atoms with Gasteiger partial charge in [0.25, 0.3) is 17.7 Å². The van der Waals surface area contributed by atoms with Crippen molar-refractivity contribution in [1.29, 1.82) is 0 Å². The summed E-state index contributed by atoms with van der Waals surface area (Å²) in [5.41, 5.74) is 21.7. The Morgan fingerprint density at radius 3 is 1.30 bits per heavy atom. The monoisotopic (exact) mass is 1320 g/mol. The molecule has 13 heterocycles. The van der Waals surface area contributed by atoms with E-state index in [0.29, 0.717) is 77.5 Å². The number of nitrogen functional groups attached to an aromatic ring is 2. The third-order valence-electron chi connectivity index (χ3n) is 18.4. The Morgan fingerprint density at radius 1 is 0.500 bits per heavy atom. The number of allylic oxidation sites excluding steroid dienone is 1. The Hall–Kier alpha value is -11.2. The maximum atomic E-state index is 10.0. The van der Waals surface area contributed by atoms with Gasteiger partial charge in [0.2, 0.25) is 17.8 Å². The number of aliphatic imine (C=N–C) groups is 1. The van der Waals surface area contributed by atoms with Crippen molar-refractivity contribution in [3.05, 3.63) is 187 Å². The smallest absolute Gasteiger partial charge is 0.261 e. The van der Waals surface area contributed by atoms with Crippen molar-refractivity contribution < 1.29 is 18.7 Å². The van der Waals surface area contributed by atoms with Crippen molar-refractivity contribution >= 4 is 23.7 Å². The third-order valence-corrected chi connectivity index (χ3v) is 18.4. The Morgan fingerprint density at radius 2 is 0.918 bits per heavy atom. The lowest BCUT2D eigenvalue weighted by Crippen LogP contribution is -2.28. The molecule has 27 heteroatoms. The van der Waals surface area contributed by atoms with Gasteiger partial charge in [-0.2, -0.15) is 25.1 Å². The Bertz CT molecular complexity index is 4670. The molecule has 16 rings (SSSR count). The minimum absolute atomic E-state index is 0. The topological polar surface area (TPSA) is 369 Å². The summed E-state index contributed by atoms with van der Waals surface area (Å²) in [7, 11) is 0. The first kappa shape index (κ1) is 68.2. The molecular formula is C71H81N23O4. The first-order valence-corrected chi connectivity index (χ1v) is 31.4. The number of pyridine rings is 3. The quantitative estimate of drug-likeness (QED) is 0.0620. The van der Waals surface area contributed by atoms with Crippen molar-refractivity contribution in [2.24, 2.45) is 22.7 Å². The molecule has 0 amide bonds. The van der Waals surface area contributed by atoms with Crippen LogP contribution in [-0.4, -0.2) is 123 Å². The molecule has 3 aliphatic carbocycles. The Labute approximate surface area is 567 Å². The fraction of sp³-hybridized carbons (Fsp3) is 0.352. The second kappa shape index (κ2) is 27.5. The number of aromatic amines is 1. The van der Waals surface area contributed by atoms with Crippen LogP contribution >= 0.6 is 0 Å². The van der Waals surface area contributed by atoms with Gasteiger partial charge in [0, 0.05) is 102 Å². The zero-order valence-corrected chi connectivity index (χ0v) is 53.4. The molecule has 6 N–H and O–H groups in total. The molecule has 98 heavy (non-hydrogen) atoms. The fourth-order valence-corrected chi connectivity index (χ4v) is 12.2. The number of aliphatic hydroxyl groups is 1. The second-order valence-electron chi connectivity index (χ2n) is 25.8. The highest BCUT2D eigenvalue weighted by atomic mass is 16.5. The minimum atomic E-state index is -0.870. The minimum Gasteiger partial charge on any atom is -0.389 e. The summed E-state index contributed by atoms with van der Waals surface area (Å²) in [4.78, 5) is 57.7. The van der Waals surface area contributed by atoms with E-state index < -0.39 is 11.0 Å². The standard InChI is InChI=1S/C26H25N7O.C23H26N8O2.C19H18N8O.3CH4/c1-16-4-5-17(2)33(16)25-29-13-19(14-30-25)22-9-8-21(15-28-22)26(3,20-6-7-20)24-31-23(34-32-24)18-10-11-27-12-18;1-22(2,32)13-31-12-15(10-28-31)19-29-20(30-33-19)23(3,16-4-5-16)17-6-7-18(25-11-17)14-8-26-21(24)27-9-14;1-19(13-2-3-13,17-26-16(28-27-17)12-8-24-25-9-12)14-4-5-15(21-10-14)11-6-22-18(20)23-7-11;;;/h4-5,8-10,12-15,20H,6-7,11H2,1-3H3;6-12,16,32H,4-5,13H2,1-3H3,(H2,24,26,27);4-10,13H,2-3H2,1H3,(H,24,25)(H2,20,22,23);3*1H4. The highest BCUT2D eigenvalue weighted by molar-refractivity contribution is 6.09. The largest absolute Gasteiger partial charge is 0.389 e. The van der Waals surface area contributed by atoms with Gasteiger partial charge in [-0.05, 0) is 158 Å². The molecule has 12 aromatic rings. The number of anilines is 2. The van der Waals surface area contributed by atoms with Crippen molar-refractivity contribution in [2.75, 3.05) is 18.0 Å². The van der Waals surface area contributed by atoms with Gasteiger partial charge >= 0.3 is 0 Å². The summed E-state index contributed by atoms with van der Waals surface area (Å²) < 4.78 is 20.4. The van der Waals surface area contributed by atoms with Gasteiger partial charge in [0.1, 0.15) is 0 Å². The average Bonchev–Trinajstić information content (AvgIpc) is 1.61. The van der Waals surface area contributed by atoms with Crippen LogP contribution in [0.2, 0.25) is 0 Å². The van der Waals surface area contributed by atoms with Gasteiger partial charge in [-0.1, -0.05) is 55.9 Å². The van der Waals surface area contributed by atoms with E-state index >= 15 is 0 Å². The molecule has 0 radical (unpaired) electrons. The van der Waals surface area contributed by atoms with Gasteiger partial charge in [-0.3, -0.25) is 34.3 Å². The fourth-order valence-electron chi connectivity index (χ4n) is 12.2. The van der Waals surface area contributed by atoms with E-state index in [9.17, 15) is 5.11 Å².